The summed E-state index contributed by atoms with van der Waals surface area (Å²) in [6.45, 7) is 2.93. The molecule has 6 nitrogen and oxygen atoms in total. The standard InChI is InChI=1S/C20H22N2O4/c1-12-9-13(3-7-18(12)26-2)10-21-11-17(24)14-4-6-16(23)20-15(14)5-8-19(25)22-20/h3-9,17,21,23-24H,10-11H2,1-2H3,(H,22,25)/t17-/m0/s1. The number of pyridine rings is 1. The van der Waals surface area contributed by atoms with Gasteiger partial charge in [0.15, 0.2) is 0 Å². The van der Waals surface area contributed by atoms with E-state index in [1.165, 1.54) is 12.1 Å². The van der Waals surface area contributed by atoms with Crippen LogP contribution in [0.15, 0.2) is 47.3 Å². The number of hydrogen-bond acceptors (Lipinski definition) is 5. The van der Waals surface area contributed by atoms with E-state index in [1.807, 2.05) is 25.1 Å². The molecule has 3 rings (SSSR count). The molecule has 1 atom stereocenters. The number of benzene rings is 2. The zero-order valence-electron chi connectivity index (χ0n) is 14.7. The molecule has 0 aliphatic heterocycles. The SMILES string of the molecule is COc1ccc(CNC[C@H](O)c2ccc(O)c3[nH]c(=O)ccc23)cc1C. The number of ether oxygens (including phenoxy) is 1. The summed E-state index contributed by atoms with van der Waals surface area (Å²) >= 11 is 0. The van der Waals surface area contributed by atoms with Gasteiger partial charge in [-0.15, -0.1) is 0 Å². The van der Waals surface area contributed by atoms with Crippen LogP contribution < -0.4 is 15.6 Å². The Morgan fingerprint density at radius 1 is 1.19 bits per heavy atom. The molecule has 0 bridgehead atoms. The van der Waals surface area contributed by atoms with Crippen LogP contribution in [0.5, 0.6) is 11.5 Å². The second-order valence-corrected chi connectivity index (χ2v) is 6.24. The molecule has 0 aliphatic rings. The van der Waals surface area contributed by atoms with Crippen LogP contribution in [0.4, 0.5) is 0 Å². The van der Waals surface area contributed by atoms with Gasteiger partial charge < -0.3 is 25.3 Å². The number of aromatic hydroxyl groups is 1. The summed E-state index contributed by atoms with van der Waals surface area (Å²) in [5.74, 6) is 0.827. The van der Waals surface area contributed by atoms with Gasteiger partial charge in [-0.1, -0.05) is 18.2 Å². The Morgan fingerprint density at radius 3 is 2.73 bits per heavy atom. The van der Waals surface area contributed by atoms with Crippen molar-refractivity contribution < 1.29 is 14.9 Å². The summed E-state index contributed by atoms with van der Waals surface area (Å²) < 4.78 is 5.25. The van der Waals surface area contributed by atoms with Crippen LogP contribution in [0.2, 0.25) is 0 Å². The zero-order chi connectivity index (χ0) is 18.7. The molecule has 1 heterocycles. The van der Waals surface area contributed by atoms with Gasteiger partial charge in [0.1, 0.15) is 11.5 Å². The zero-order valence-corrected chi connectivity index (χ0v) is 14.7. The molecule has 3 aromatic rings. The minimum absolute atomic E-state index is 0.0182. The van der Waals surface area contributed by atoms with E-state index in [2.05, 4.69) is 10.3 Å². The first-order chi connectivity index (χ1) is 12.5. The highest BCUT2D eigenvalue weighted by molar-refractivity contribution is 5.87. The van der Waals surface area contributed by atoms with Crippen LogP contribution in [0, 0.1) is 6.92 Å². The minimum Gasteiger partial charge on any atom is -0.506 e. The van der Waals surface area contributed by atoms with E-state index in [0.29, 0.717) is 29.6 Å². The van der Waals surface area contributed by atoms with Crippen LogP contribution in [0.1, 0.15) is 22.8 Å². The molecule has 4 N–H and O–H groups in total. The molecule has 0 saturated carbocycles. The maximum atomic E-state index is 11.5. The summed E-state index contributed by atoms with van der Waals surface area (Å²) in [6.07, 6.45) is -0.775. The molecule has 0 saturated heterocycles. The largest absolute Gasteiger partial charge is 0.506 e. The number of fused-ring (bicyclic) bond motifs is 1. The van der Waals surface area contributed by atoms with Crippen molar-refractivity contribution in [3.63, 3.8) is 0 Å². The Morgan fingerprint density at radius 2 is 2.00 bits per heavy atom. The van der Waals surface area contributed by atoms with Crippen molar-refractivity contribution in [3.05, 3.63) is 69.5 Å². The average molecular weight is 354 g/mol. The Hall–Kier alpha value is -2.83. The predicted octanol–water partition coefficient (Wildman–Crippen LogP) is 2.37. The number of hydrogen-bond donors (Lipinski definition) is 4. The van der Waals surface area contributed by atoms with Gasteiger partial charge in [0.25, 0.3) is 0 Å². The van der Waals surface area contributed by atoms with Gasteiger partial charge in [-0.05, 0) is 41.8 Å². The highest BCUT2D eigenvalue weighted by atomic mass is 16.5. The fraction of sp³-hybridized carbons (Fsp3) is 0.250. The van der Waals surface area contributed by atoms with Crippen molar-refractivity contribution >= 4 is 10.9 Å². The molecular weight excluding hydrogens is 332 g/mol. The van der Waals surface area contributed by atoms with Crippen molar-refractivity contribution in [1.29, 1.82) is 0 Å². The third kappa shape index (κ3) is 3.71. The topological polar surface area (TPSA) is 94.6 Å². The van der Waals surface area contributed by atoms with Crippen LogP contribution in [-0.4, -0.2) is 28.9 Å². The molecule has 0 fully saturated rings. The number of aromatic amines is 1. The number of methoxy groups -OCH3 is 1. The van der Waals surface area contributed by atoms with Crippen molar-refractivity contribution in [2.45, 2.75) is 19.6 Å². The van der Waals surface area contributed by atoms with Crippen LogP contribution >= 0.6 is 0 Å². The first-order valence-corrected chi connectivity index (χ1v) is 8.37. The van der Waals surface area contributed by atoms with Crippen molar-refractivity contribution in [3.8, 4) is 11.5 Å². The lowest BCUT2D eigenvalue weighted by molar-refractivity contribution is 0.176. The molecule has 0 spiro atoms. The third-order valence-electron chi connectivity index (χ3n) is 4.39. The summed E-state index contributed by atoms with van der Waals surface area (Å²) in [7, 11) is 1.64. The number of rotatable bonds is 6. The third-order valence-corrected chi connectivity index (χ3v) is 4.39. The van der Waals surface area contributed by atoms with Gasteiger partial charge in [-0.25, -0.2) is 0 Å². The fourth-order valence-corrected chi connectivity index (χ4v) is 3.06. The number of phenolic OH excluding ortho intramolecular Hbond substituents is 1. The lowest BCUT2D eigenvalue weighted by Crippen LogP contribution is -2.21. The molecule has 0 radical (unpaired) electrons. The Bertz CT molecular complexity index is 981. The first kappa shape index (κ1) is 18.0. The molecule has 2 aromatic carbocycles. The van der Waals surface area contributed by atoms with E-state index in [-0.39, 0.29) is 11.3 Å². The number of H-pyrrole nitrogens is 1. The predicted molar refractivity (Wildman–Crippen MR) is 101 cm³/mol. The average Bonchev–Trinajstić information content (AvgIpc) is 2.62. The van der Waals surface area contributed by atoms with Crippen molar-refractivity contribution in [2.24, 2.45) is 0 Å². The normalized spacial score (nSPS) is 12.3. The van der Waals surface area contributed by atoms with Crippen molar-refractivity contribution in [2.75, 3.05) is 13.7 Å². The van der Waals surface area contributed by atoms with Gasteiger partial charge in [-0.2, -0.15) is 0 Å². The Labute approximate surface area is 151 Å². The van der Waals surface area contributed by atoms with E-state index < -0.39 is 6.10 Å². The number of nitrogens with one attached hydrogen (secondary N) is 2. The van der Waals surface area contributed by atoms with Gasteiger partial charge in [0.2, 0.25) is 5.56 Å². The molecule has 136 valence electrons. The van der Waals surface area contributed by atoms with Gasteiger partial charge in [0, 0.05) is 24.5 Å². The first-order valence-electron chi connectivity index (χ1n) is 8.37. The Balaban J connectivity index is 1.72. The van der Waals surface area contributed by atoms with Gasteiger partial charge in [-0.3, -0.25) is 4.79 Å². The quantitative estimate of drug-likeness (QED) is 0.545. The molecule has 0 aliphatic carbocycles. The maximum Gasteiger partial charge on any atom is 0.248 e. The van der Waals surface area contributed by atoms with E-state index in [0.717, 1.165) is 16.9 Å². The van der Waals surface area contributed by atoms with Crippen molar-refractivity contribution in [1.82, 2.24) is 10.3 Å². The van der Waals surface area contributed by atoms with Crippen LogP contribution in [0.25, 0.3) is 10.9 Å². The van der Waals surface area contributed by atoms with E-state index in [9.17, 15) is 15.0 Å². The number of aromatic nitrogens is 1. The molecule has 0 unspecified atom stereocenters. The van der Waals surface area contributed by atoms with E-state index in [1.54, 1.807) is 19.2 Å². The smallest absolute Gasteiger partial charge is 0.248 e. The highest BCUT2D eigenvalue weighted by Gasteiger charge is 2.13. The molecule has 0 amide bonds. The van der Waals surface area contributed by atoms with Crippen LogP contribution in [-0.2, 0) is 6.54 Å². The summed E-state index contributed by atoms with van der Waals surface area (Å²) in [5.41, 5.74) is 2.83. The molecule has 6 heteroatoms. The number of aliphatic hydroxyl groups excluding tert-OH is 1. The number of aryl methyl sites for hydroxylation is 1. The highest BCUT2D eigenvalue weighted by Crippen LogP contribution is 2.28. The lowest BCUT2D eigenvalue weighted by Gasteiger charge is -2.15. The second-order valence-electron chi connectivity index (χ2n) is 6.24. The summed E-state index contributed by atoms with van der Waals surface area (Å²) in [6, 6.07) is 12.1. The van der Waals surface area contributed by atoms with E-state index >= 15 is 0 Å². The summed E-state index contributed by atoms with van der Waals surface area (Å²) in [5, 5.41) is 24.3. The van der Waals surface area contributed by atoms with Gasteiger partial charge >= 0.3 is 0 Å². The number of aliphatic hydroxyl groups is 1. The summed E-state index contributed by atoms with van der Waals surface area (Å²) in [4.78, 5) is 14.1. The minimum atomic E-state index is -0.775. The molecular formula is C20H22N2O4. The fourth-order valence-electron chi connectivity index (χ4n) is 3.06. The number of phenols is 1. The van der Waals surface area contributed by atoms with Gasteiger partial charge in [0.05, 0.1) is 18.7 Å². The Kier molecular flexibility index (Phi) is 5.25. The molecule has 1 aromatic heterocycles. The second kappa shape index (κ2) is 7.59. The monoisotopic (exact) mass is 354 g/mol. The lowest BCUT2D eigenvalue weighted by atomic mass is 10.0. The van der Waals surface area contributed by atoms with Crippen LogP contribution in [0.3, 0.4) is 0 Å². The van der Waals surface area contributed by atoms with E-state index in [4.69, 9.17) is 4.74 Å². The molecule has 26 heavy (non-hydrogen) atoms. The maximum absolute atomic E-state index is 11.5.